The van der Waals surface area contributed by atoms with Gasteiger partial charge in [-0.25, -0.2) is 0 Å². The van der Waals surface area contributed by atoms with Crippen molar-refractivity contribution >= 4 is 0 Å². The molecule has 0 aromatic heterocycles. The van der Waals surface area contributed by atoms with Crippen LogP contribution in [0.1, 0.15) is 63.1 Å². The molecule has 2 N–H and O–H groups in total. The molecular formula is C19H32N2. The first-order chi connectivity index (χ1) is 10.1. The van der Waals surface area contributed by atoms with Crippen LogP contribution in [0.25, 0.3) is 0 Å². The lowest BCUT2D eigenvalue weighted by Crippen LogP contribution is -2.41. The summed E-state index contributed by atoms with van der Waals surface area (Å²) in [6.07, 6.45) is 6.72. The number of rotatable bonds is 7. The van der Waals surface area contributed by atoms with E-state index in [0.29, 0.717) is 6.04 Å². The normalized spacial score (nSPS) is 17.8. The van der Waals surface area contributed by atoms with Crippen LogP contribution in [0.15, 0.2) is 24.3 Å². The van der Waals surface area contributed by atoms with Gasteiger partial charge in [0.25, 0.3) is 0 Å². The highest BCUT2D eigenvalue weighted by molar-refractivity contribution is 5.24. The molecule has 21 heavy (non-hydrogen) atoms. The number of nitrogens with two attached hydrogens (primary N) is 1. The number of aryl methyl sites for hydroxylation is 1. The molecule has 0 radical (unpaired) electrons. The van der Waals surface area contributed by atoms with Gasteiger partial charge in [-0.05, 0) is 44.2 Å². The second-order valence-corrected chi connectivity index (χ2v) is 7.02. The number of hydrogen-bond acceptors (Lipinski definition) is 2. The zero-order chi connectivity index (χ0) is 15.2. The lowest BCUT2D eigenvalue weighted by molar-refractivity contribution is 0.131. The molecular weight excluding hydrogens is 256 g/mol. The van der Waals surface area contributed by atoms with Crippen LogP contribution in [0, 0.1) is 12.8 Å². The predicted octanol–water partition coefficient (Wildman–Crippen LogP) is 4.29. The van der Waals surface area contributed by atoms with E-state index in [4.69, 9.17) is 5.73 Å². The summed E-state index contributed by atoms with van der Waals surface area (Å²) >= 11 is 0. The topological polar surface area (TPSA) is 29.3 Å². The Morgan fingerprint density at radius 3 is 2.29 bits per heavy atom. The fraction of sp³-hybridized carbons (Fsp3) is 0.684. The van der Waals surface area contributed by atoms with Gasteiger partial charge in [0, 0.05) is 18.6 Å². The molecule has 1 atom stereocenters. The van der Waals surface area contributed by atoms with Crippen molar-refractivity contribution in [1.82, 2.24) is 4.90 Å². The molecule has 0 heterocycles. The van der Waals surface area contributed by atoms with Gasteiger partial charge in [0.05, 0.1) is 0 Å². The quantitative estimate of drug-likeness (QED) is 0.811. The van der Waals surface area contributed by atoms with E-state index >= 15 is 0 Å². The van der Waals surface area contributed by atoms with Crippen molar-refractivity contribution in [3.8, 4) is 0 Å². The summed E-state index contributed by atoms with van der Waals surface area (Å²) in [6, 6.07) is 10.1. The summed E-state index contributed by atoms with van der Waals surface area (Å²) in [6.45, 7) is 8.68. The van der Waals surface area contributed by atoms with E-state index in [2.05, 4.69) is 49.9 Å². The maximum Gasteiger partial charge on any atom is 0.0473 e. The Hall–Kier alpha value is -0.860. The minimum absolute atomic E-state index is 0.382. The molecule has 2 rings (SSSR count). The van der Waals surface area contributed by atoms with Gasteiger partial charge in [0.2, 0.25) is 0 Å². The van der Waals surface area contributed by atoms with Gasteiger partial charge in [0.1, 0.15) is 0 Å². The van der Waals surface area contributed by atoms with E-state index in [9.17, 15) is 0 Å². The molecule has 1 aromatic carbocycles. The van der Waals surface area contributed by atoms with Crippen molar-refractivity contribution in [3.63, 3.8) is 0 Å². The third-order valence-corrected chi connectivity index (χ3v) is 4.84. The molecule has 0 amide bonds. The van der Waals surface area contributed by atoms with E-state index in [-0.39, 0.29) is 0 Å². The molecule has 118 valence electrons. The fourth-order valence-corrected chi connectivity index (χ4v) is 3.49. The van der Waals surface area contributed by atoms with Gasteiger partial charge in [-0.3, -0.25) is 4.90 Å². The molecule has 0 spiro atoms. The Balaban J connectivity index is 2.16. The van der Waals surface area contributed by atoms with Gasteiger partial charge in [-0.2, -0.15) is 0 Å². The third kappa shape index (κ3) is 4.55. The lowest BCUT2D eigenvalue weighted by atomic mass is 9.99. The van der Waals surface area contributed by atoms with Crippen molar-refractivity contribution < 1.29 is 0 Å². The van der Waals surface area contributed by atoms with Gasteiger partial charge < -0.3 is 5.73 Å². The third-order valence-electron chi connectivity index (χ3n) is 4.84. The Labute approximate surface area is 130 Å². The maximum atomic E-state index is 6.18. The van der Waals surface area contributed by atoms with Crippen LogP contribution in [0.2, 0.25) is 0 Å². The molecule has 2 heteroatoms. The maximum absolute atomic E-state index is 6.18. The minimum atomic E-state index is 0.382. The molecule has 1 fully saturated rings. The Morgan fingerprint density at radius 2 is 1.76 bits per heavy atom. The van der Waals surface area contributed by atoms with Crippen LogP contribution in [-0.4, -0.2) is 24.0 Å². The molecule has 1 aliphatic rings. The molecule has 0 bridgehead atoms. The zero-order valence-electron chi connectivity index (χ0n) is 14.0. The molecule has 1 aliphatic carbocycles. The first kappa shape index (κ1) is 16.5. The molecule has 0 aliphatic heterocycles. The number of benzene rings is 1. The van der Waals surface area contributed by atoms with Crippen LogP contribution in [-0.2, 0) is 0 Å². The van der Waals surface area contributed by atoms with Gasteiger partial charge in [-0.1, -0.05) is 56.5 Å². The summed E-state index contributed by atoms with van der Waals surface area (Å²) in [4.78, 5) is 2.71. The molecule has 2 nitrogen and oxygen atoms in total. The fourth-order valence-electron chi connectivity index (χ4n) is 3.49. The van der Waals surface area contributed by atoms with E-state index < -0.39 is 0 Å². The zero-order valence-corrected chi connectivity index (χ0v) is 14.0. The van der Waals surface area contributed by atoms with Gasteiger partial charge in [0.15, 0.2) is 0 Å². The number of nitrogens with zero attached hydrogens (tertiary/aromatic N) is 1. The monoisotopic (exact) mass is 288 g/mol. The van der Waals surface area contributed by atoms with Crippen LogP contribution in [0.4, 0.5) is 0 Å². The number of hydrogen-bond donors (Lipinski definition) is 1. The van der Waals surface area contributed by atoms with E-state index in [1.165, 1.54) is 49.8 Å². The van der Waals surface area contributed by atoms with E-state index in [1.54, 1.807) is 0 Å². The first-order valence-corrected chi connectivity index (χ1v) is 8.64. The van der Waals surface area contributed by atoms with Crippen molar-refractivity contribution in [2.45, 2.75) is 65.0 Å². The van der Waals surface area contributed by atoms with Crippen LogP contribution >= 0.6 is 0 Å². The van der Waals surface area contributed by atoms with E-state index in [0.717, 1.165) is 18.5 Å². The summed E-state index contributed by atoms with van der Waals surface area (Å²) in [5.74, 6) is 0.755. The second-order valence-electron chi connectivity index (χ2n) is 7.02. The molecule has 0 saturated heterocycles. The first-order valence-electron chi connectivity index (χ1n) is 8.64. The highest BCUT2D eigenvalue weighted by Gasteiger charge is 2.28. The lowest BCUT2D eigenvalue weighted by Gasteiger charge is -2.37. The van der Waals surface area contributed by atoms with Gasteiger partial charge >= 0.3 is 0 Å². The molecule has 1 aromatic rings. The summed E-state index contributed by atoms with van der Waals surface area (Å²) in [5, 5.41) is 0. The summed E-state index contributed by atoms with van der Waals surface area (Å²) in [7, 11) is 0. The summed E-state index contributed by atoms with van der Waals surface area (Å²) in [5.41, 5.74) is 8.89. The van der Waals surface area contributed by atoms with E-state index in [1.807, 2.05) is 0 Å². The highest BCUT2D eigenvalue weighted by Crippen LogP contribution is 2.31. The predicted molar refractivity (Wildman–Crippen MR) is 91.4 cm³/mol. The second kappa shape index (κ2) is 7.95. The van der Waals surface area contributed by atoms with Gasteiger partial charge in [-0.15, -0.1) is 0 Å². The molecule has 1 unspecified atom stereocenters. The minimum Gasteiger partial charge on any atom is -0.329 e. The van der Waals surface area contributed by atoms with Crippen molar-refractivity contribution in [3.05, 3.63) is 35.4 Å². The van der Waals surface area contributed by atoms with Crippen LogP contribution in [0.5, 0.6) is 0 Å². The van der Waals surface area contributed by atoms with Crippen LogP contribution in [0.3, 0.4) is 0 Å². The Kier molecular flexibility index (Phi) is 6.25. The average molecular weight is 288 g/mol. The summed E-state index contributed by atoms with van der Waals surface area (Å²) < 4.78 is 0. The van der Waals surface area contributed by atoms with Crippen molar-refractivity contribution in [1.29, 1.82) is 0 Å². The largest absolute Gasteiger partial charge is 0.329 e. The highest BCUT2D eigenvalue weighted by atomic mass is 15.2. The van der Waals surface area contributed by atoms with Crippen molar-refractivity contribution in [2.24, 2.45) is 11.7 Å². The Morgan fingerprint density at radius 1 is 1.14 bits per heavy atom. The SMILES string of the molecule is Cc1ccc(C(CN)N(CCC(C)C)C2CCCC2)cc1. The molecule has 1 saturated carbocycles. The standard InChI is InChI=1S/C19H32N2/c1-15(2)12-13-21(18-6-4-5-7-18)19(14-20)17-10-8-16(3)9-11-17/h8-11,15,18-19H,4-7,12-14,20H2,1-3H3. The van der Waals surface area contributed by atoms with Crippen LogP contribution < -0.4 is 5.73 Å². The van der Waals surface area contributed by atoms with Crippen molar-refractivity contribution in [2.75, 3.05) is 13.1 Å². The average Bonchev–Trinajstić information content (AvgIpc) is 2.98. The Bertz CT molecular complexity index is 404. The smallest absolute Gasteiger partial charge is 0.0473 e.